The molecule has 0 bridgehead atoms. The number of para-hydroxylation sites is 1. The molecule has 1 aromatic carbocycles. The van der Waals surface area contributed by atoms with E-state index in [2.05, 4.69) is 17.9 Å². The first-order valence-electron chi connectivity index (χ1n) is 12.9. The van der Waals surface area contributed by atoms with Gasteiger partial charge in [0.2, 0.25) is 0 Å². The van der Waals surface area contributed by atoms with E-state index in [0.717, 1.165) is 12.8 Å². The second kappa shape index (κ2) is 11.7. The number of hydrogen-bond acceptors (Lipinski definition) is 7. The predicted octanol–water partition coefficient (Wildman–Crippen LogP) is 4.90. The Morgan fingerprint density at radius 2 is 1.82 bits per heavy atom. The molecule has 2 fully saturated rings. The van der Waals surface area contributed by atoms with Crippen LogP contribution < -0.4 is 15.4 Å². The number of carbonyl (C=O) groups is 1. The highest BCUT2D eigenvalue weighted by Gasteiger charge is 2.35. The lowest BCUT2D eigenvalue weighted by Crippen LogP contribution is -2.49. The third-order valence-electron chi connectivity index (χ3n) is 6.97. The number of unbranched alkanes of at least 4 members (excludes halogenated alkanes) is 1. The first-order chi connectivity index (χ1) is 18.2. The summed E-state index contributed by atoms with van der Waals surface area (Å²) >= 11 is 6.71. The molecule has 38 heavy (non-hydrogen) atoms. The van der Waals surface area contributed by atoms with Gasteiger partial charge in [0.1, 0.15) is 27.6 Å². The molecule has 7 nitrogen and oxygen atoms in total. The van der Waals surface area contributed by atoms with Crippen LogP contribution in [0.4, 0.5) is 15.9 Å². The average Bonchev–Trinajstić information content (AvgIpc) is 3.18. The molecule has 0 spiro atoms. The van der Waals surface area contributed by atoms with Crippen molar-refractivity contribution < 1.29 is 9.18 Å². The number of halogens is 1. The van der Waals surface area contributed by atoms with Crippen molar-refractivity contribution >= 4 is 51.8 Å². The predicted molar refractivity (Wildman–Crippen MR) is 156 cm³/mol. The van der Waals surface area contributed by atoms with Crippen LogP contribution in [0.25, 0.3) is 6.08 Å². The number of amides is 1. The summed E-state index contributed by atoms with van der Waals surface area (Å²) in [7, 11) is 0. The zero-order chi connectivity index (χ0) is 27.6. The molecule has 2 aromatic rings. The van der Waals surface area contributed by atoms with Crippen molar-refractivity contribution in [1.82, 2.24) is 9.47 Å². The number of anilines is 2. The van der Waals surface area contributed by atoms with Crippen molar-refractivity contribution in [2.24, 2.45) is 0 Å². The lowest BCUT2D eigenvalue weighted by atomic mass is 10.0. The van der Waals surface area contributed by atoms with Crippen molar-refractivity contribution in [3.05, 3.63) is 62.0 Å². The molecule has 0 N–H and O–H groups in total. The Labute approximate surface area is 232 Å². The Morgan fingerprint density at radius 3 is 2.39 bits per heavy atom. The lowest BCUT2D eigenvalue weighted by Gasteiger charge is -2.39. The zero-order valence-electron chi connectivity index (χ0n) is 22.2. The summed E-state index contributed by atoms with van der Waals surface area (Å²) in [5.41, 5.74) is 1.55. The summed E-state index contributed by atoms with van der Waals surface area (Å²) < 4.78 is 16.6. The monoisotopic (exact) mass is 553 g/mol. The van der Waals surface area contributed by atoms with E-state index in [1.165, 1.54) is 17.8 Å². The van der Waals surface area contributed by atoms with Crippen LogP contribution in [0.15, 0.2) is 34.0 Å². The lowest BCUT2D eigenvalue weighted by molar-refractivity contribution is -0.123. The Morgan fingerprint density at radius 1 is 1.16 bits per heavy atom. The molecule has 2 saturated heterocycles. The SMILES string of the molecule is CCCCn1c(N2CCN(c3ccccc3F)CC2)c(C=C2SC(=S)N(C(C)C)C2=O)c(C)c(C#N)c1=O. The second-order valence-electron chi connectivity index (χ2n) is 9.73. The molecule has 200 valence electrons. The third-order valence-corrected chi connectivity index (χ3v) is 8.30. The van der Waals surface area contributed by atoms with Gasteiger partial charge in [0.15, 0.2) is 0 Å². The second-order valence-corrected chi connectivity index (χ2v) is 11.4. The molecule has 10 heteroatoms. The number of aromatic nitrogens is 1. The van der Waals surface area contributed by atoms with Gasteiger partial charge in [-0.25, -0.2) is 4.39 Å². The van der Waals surface area contributed by atoms with Gasteiger partial charge in [0.25, 0.3) is 11.5 Å². The van der Waals surface area contributed by atoms with Crippen molar-refractivity contribution in [3.63, 3.8) is 0 Å². The van der Waals surface area contributed by atoms with Gasteiger partial charge >= 0.3 is 0 Å². The molecule has 0 saturated carbocycles. The number of benzene rings is 1. The highest BCUT2D eigenvalue weighted by atomic mass is 32.2. The summed E-state index contributed by atoms with van der Waals surface area (Å²) in [5, 5.41) is 9.89. The molecule has 0 radical (unpaired) electrons. The van der Waals surface area contributed by atoms with Gasteiger partial charge in [-0.15, -0.1) is 0 Å². The maximum atomic E-state index is 14.4. The fourth-order valence-electron chi connectivity index (χ4n) is 4.93. The summed E-state index contributed by atoms with van der Waals surface area (Å²) in [5.74, 6) is 0.264. The number of nitrogens with zero attached hydrogens (tertiary/aromatic N) is 5. The molecule has 0 aliphatic carbocycles. The fourth-order valence-corrected chi connectivity index (χ4v) is 6.44. The molecule has 3 heterocycles. The average molecular weight is 554 g/mol. The van der Waals surface area contributed by atoms with E-state index in [4.69, 9.17) is 12.2 Å². The molecule has 0 unspecified atom stereocenters. The number of carbonyl (C=O) groups excluding carboxylic acids is 1. The summed E-state index contributed by atoms with van der Waals surface area (Å²) in [6, 6.07) is 8.75. The first kappa shape index (κ1) is 27.9. The minimum atomic E-state index is -0.322. The van der Waals surface area contributed by atoms with Crippen LogP contribution in [0, 0.1) is 24.1 Å². The summed E-state index contributed by atoms with van der Waals surface area (Å²) in [6.07, 6.45) is 3.44. The Bertz CT molecular complexity index is 1390. The smallest absolute Gasteiger partial charge is 0.270 e. The molecule has 2 aliphatic rings. The van der Waals surface area contributed by atoms with E-state index in [-0.39, 0.29) is 28.9 Å². The molecular formula is C28H32FN5O2S2. The molecule has 0 atom stereocenters. The van der Waals surface area contributed by atoms with E-state index in [1.807, 2.05) is 24.8 Å². The van der Waals surface area contributed by atoms with Gasteiger partial charge < -0.3 is 9.80 Å². The van der Waals surface area contributed by atoms with Gasteiger partial charge in [-0.05, 0) is 51.0 Å². The van der Waals surface area contributed by atoms with Crippen molar-refractivity contribution in [2.75, 3.05) is 36.0 Å². The molecular weight excluding hydrogens is 521 g/mol. The number of nitriles is 1. The van der Waals surface area contributed by atoms with Crippen LogP contribution in [0.5, 0.6) is 0 Å². The standard InChI is InChI=1S/C28H32FN5O2S2/c1-5-6-11-33-25(32-14-12-31(13-15-32)23-10-8-7-9-22(23)29)20(19(4)21(17-30)26(33)35)16-24-27(36)34(18(2)3)28(37)38-24/h7-10,16,18H,5-6,11-15H2,1-4H3. The normalized spacial score (nSPS) is 17.2. The minimum absolute atomic E-state index is 0.0754. The number of pyridine rings is 1. The van der Waals surface area contributed by atoms with Crippen molar-refractivity contribution in [2.45, 2.75) is 53.1 Å². The largest absolute Gasteiger partial charge is 0.366 e. The van der Waals surface area contributed by atoms with Gasteiger partial charge in [-0.2, -0.15) is 5.26 Å². The van der Waals surface area contributed by atoms with E-state index in [0.29, 0.717) is 64.6 Å². The number of hydrogen-bond donors (Lipinski definition) is 0. The minimum Gasteiger partial charge on any atom is -0.366 e. The number of thioether (sulfide) groups is 1. The number of piperazine rings is 1. The van der Waals surface area contributed by atoms with E-state index in [9.17, 15) is 19.2 Å². The van der Waals surface area contributed by atoms with Gasteiger partial charge in [-0.1, -0.05) is 49.5 Å². The van der Waals surface area contributed by atoms with Gasteiger partial charge in [-0.3, -0.25) is 19.1 Å². The van der Waals surface area contributed by atoms with E-state index in [1.54, 1.807) is 34.6 Å². The Kier molecular flexibility index (Phi) is 8.58. The van der Waals surface area contributed by atoms with Crippen LogP contribution in [0.3, 0.4) is 0 Å². The van der Waals surface area contributed by atoms with E-state index >= 15 is 0 Å². The van der Waals surface area contributed by atoms with Crippen LogP contribution in [0.2, 0.25) is 0 Å². The number of thiocarbonyl (C=S) groups is 1. The fraction of sp³-hybridized carbons (Fsp3) is 0.429. The quantitative estimate of drug-likeness (QED) is 0.357. The number of rotatable bonds is 7. The maximum absolute atomic E-state index is 14.4. The molecule has 4 rings (SSSR count). The van der Waals surface area contributed by atoms with Crippen LogP contribution >= 0.6 is 24.0 Å². The van der Waals surface area contributed by atoms with Crippen LogP contribution in [-0.2, 0) is 11.3 Å². The Balaban J connectivity index is 1.82. The van der Waals surface area contributed by atoms with Crippen LogP contribution in [0.1, 0.15) is 50.3 Å². The molecule has 1 aromatic heterocycles. The third kappa shape index (κ3) is 5.22. The van der Waals surface area contributed by atoms with Gasteiger partial charge in [0.05, 0.1) is 10.6 Å². The highest BCUT2D eigenvalue weighted by Crippen LogP contribution is 2.37. The maximum Gasteiger partial charge on any atom is 0.270 e. The van der Waals surface area contributed by atoms with Crippen molar-refractivity contribution in [3.8, 4) is 6.07 Å². The van der Waals surface area contributed by atoms with Crippen LogP contribution in [-0.4, -0.2) is 51.9 Å². The topological polar surface area (TPSA) is 72.6 Å². The Hall–Kier alpha value is -3.16. The zero-order valence-corrected chi connectivity index (χ0v) is 23.8. The summed E-state index contributed by atoms with van der Waals surface area (Å²) in [6.45, 7) is 10.3. The van der Waals surface area contributed by atoms with Gasteiger partial charge in [0, 0.05) is 44.3 Å². The molecule has 1 amide bonds. The highest BCUT2D eigenvalue weighted by molar-refractivity contribution is 8.26. The van der Waals surface area contributed by atoms with Crippen molar-refractivity contribution in [1.29, 1.82) is 5.26 Å². The van der Waals surface area contributed by atoms with E-state index < -0.39 is 0 Å². The first-order valence-corrected chi connectivity index (χ1v) is 14.1. The molecule has 2 aliphatic heterocycles. The summed E-state index contributed by atoms with van der Waals surface area (Å²) in [4.78, 5) is 32.9.